The monoisotopic (exact) mass is 448 g/mol. The minimum Gasteiger partial charge on any atom is -0.497 e. The lowest BCUT2D eigenvalue weighted by Gasteiger charge is -2.13. The van der Waals surface area contributed by atoms with Crippen LogP contribution in [0.3, 0.4) is 0 Å². The van der Waals surface area contributed by atoms with E-state index in [0.29, 0.717) is 12.2 Å². The molecule has 0 aliphatic heterocycles. The van der Waals surface area contributed by atoms with Crippen molar-refractivity contribution in [1.29, 1.82) is 0 Å². The number of ether oxygens (including phenoxy) is 1. The summed E-state index contributed by atoms with van der Waals surface area (Å²) in [5, 5.41) is 2.85. The van der Waals surface area contributed by atoms with Gasteiger partial charge in [0.2, 0.25) is 0 Å². The molecule has 0 aromatic heterocycles. The van der Waals surface area contributed by atoms with Gasteiger partial charge in [-0.25, -0.2) is 0 Å². The number of benzene rings is 3. The zero-order valence-corrected chi connectivity index (χ0v) is 20.3. The zero-order valence-electron chi connectivity index (χ0n) is 19.4. The van der Waals surface area contributed by atoms with Crippen molar-refractivity contribution in [2.24, 2.45) is 5.73 Å². The summed E-state index contributed by atoms with van der Waals surface area (Å²) >= 11 is 4.13. The summed E-state index contributed by atoms with van der Waals surface area (Å²) in [5.74, 6) is 0.448. The van der Waals surface area contributed by atoms with Crippen LogP contribution in [-0.2, 0) is 11.3 Å². The minimum absolute atomic E-state index is 0.231. The number of hydrogen-bond acceptors (Lipinski definition) is 4. The molecule has 0 radical (unpaired) electrons. The number of methoxy groups -OCH3 is 1. The van der Waals surface area contributed by atoms with E-state index in [1.807, 2.05) is 30.3 Å². The number of amides is 1. The number of allylic oxidation sites excluding steroid dienone is 1. The predicted octanol–water partition coefficient (Wildman–Crippen LogP) is 5.71. The van der Waals surface area contributed by atoms with Gasteiger partial charge in [0.25, 0.3) is 5.91 Å². The van der Waals surface area contributed by atoms with Crippen molar-refractivity contribution in [2.75, 3.05) is 7.11 Å². The Kier molecular flexibility index (Phi) is 9.41. The Balaban J connectivity index is 0.000000380. The third-order valence-electron chi connectivity index (χ3n) is 4.89. The Hall–Kier alpha value is -3.18. The molecular formula is C27H32N2O2S. The van der Waals surface area contributed by atoms with Crippen molar-refractivity contribution in [3.63, 3.8) is 0 Å². The van der Waals surface area contributed by atoms with E-state index in [9.17, 15) is 4.79 Å². The molecule has 0 spiro atoms. The quantitative estimate of drug-likeness (QED) is 0.346. The summed E-state index contributed by atoms with van der Waals surface area (Å²) in [7, 11) is 1.62. The van der Waals surface area contributed by atoms with Crippen molar-refractivity contribution in [2.45, 2.75) is 34.2 Å². The van der Waals surface area contributed by atoms with Gasteiger partial charge in [-0.1, -0.05) is 71.3 Å². The Morgan fingerprint density at radius 3 is 2.09 bits per heavy atom. The first-order valence-electron chi connectivity index (χ1n) is 10.4. The fraction of sp³-hybridized carbons (Fsp3) is 0.222. The van der Waals surface area contributed by atoms with Gasteiger partial charge in [0.05, 0.1) is 12.0 Å². The summed E-state index contributed by atoms with van der Waals surface area (Å²) in [6.45, 7) is 8.25. The van der Waals surface area contributed by atoms with E-state index in [-0.39, 0.29) is 10.8 Å². The van der Waals surface area contributed by atoms with Crippen molar-refractivity contribution < 1.29 is 9.53 Å². The van der Waals surface area contributed by atoms with Crippen molar-refractivity contribution in [3.8, 4) is 16.9 Å². The fourth-order valence-corrected chi connectivity index (χ4v) is 3.09. The van der Waals surface area contributed by atoms with Gasteiger partial charge in [0.1, 0.15) is 5.75 Å². The lowest BCUT2D eigenvalue weighted by molar-refractivity contribution is -0.117. The van der Waals surface area contributed by atoms with Crippen LogP contribution in [0.1, 0.15) is 29.2 Å². The molecule has 3 aromatic rings. The molecule has 0 aliphatic carbocycles. The third-order valence-corrected chi connectivity index (χ3v) is 5.44. The number of hydrogen-bond donors (Lipinski definition) is 3. The molecule has 0 atom stereocenters. The maximum absolute atomic E-state index is 12.1. The summed E-state index contributed by atoms with van der Waals surface area (Å²) in [6.07, 6.45) is 0. The van der Waals surface area contributed by atoms with Gasteiger partial charge in [-0.05, 0) is 56.5 Å². The molecule has 0 heterocycles. The first kappa shape index (κ1) is 25.1. The third kappa shape index (κ3) is 7.50. The van der Waals surface area contributed by atoms with E-state index in [1.165, 1.54) is 16.7 Å². The molecule has 5 heteroatoms. The van der Waals surface area contributed by atoms with Gasteiger partial charge < -0.3 is 15.8 Å². The molecule has 3 N–H and O–H groups in total. The molecule has 0 bridgehead atoms. The maximum atomic E-state index is 12.1. The number of nitrogens with two attached hydrogens (primary N) is 1. The Bertz CT molecular complexity index is 1060. The highest BCUT2D eigenvalue weighted by Gasteiger charge is 2.11. The molecule has 0 unspecified atom stereocenters. The Labute approximate surface area is 196 Å². The van der Waals surface area contributed by atoms with Gasteiger partial charge >= 0.3 is 0 Å². The number of aryl methyl sites for hydroxylation is 3. The van der Waals surface area contributed by atoms with Crippen LogP contribution in [0.5, 0.6) is 5.75 Å². The SMILES string of the molecule is COc1ccc(-c2cccc(C)c2)c(CNC(=O)/C(S)=C(\C)N)c1.Cc1ccc(C)cc1. The van der Waals surface area contributed by atoms with E-state index in [1.54, 1.807) is 14.0 Å². The largest absolute Gasteiger partial charge is 0.497 e. The molecular weight excluding hydrogens is 416 g/mol. The van der Waals surface area contributed by atoms with Crippen LogP contribution in [0.4, 0.5) is 0 Å². The number of carbonyl (C=O) groups excluding carboxylic acids is 1. The predicted molar refractivity (Wildman–Crippen MR) is 137 cm³/mol. The van der Waals surface area contributed by atoms with Crippen LogP contribution in [-0.4, -0.2) is 13.0 Å². The lowest BCUT2D eigenvalue weighted by Crippen LogP contribution is -2.24. The molecule has 3 aromatic carbocycles. The van der Waals surface area contributed by atoms with Crippen LogP contribution in [0.2, 0.25) is 0 Å². The lowest BCUT2D eigenvalue weighted by atomic mass is 9.98. The molecule has 4 nitrogen and oxygen atoms in total. The highest BCUT2D eigenvalue weighted by Crippen LogP contribution is 2.28. The minimum atomic E-state index is -0.295. The second-order valence-electron chi connectivity index (χ2n) is 7.76. The normalized spacial score (nSPS) is 11.1. The smallest absolute Gasteiger partial charge is 0.259 e. The van der Waals surface area contributed by atoms with Crippen LogP contribution >= 0.6 is 12.6 Å². The number of carbonyl (C=O) groups is 1. The highest BCUT2D eigenvalue weighted by molar-refractivity contribution is 7.85. The Morgan fingerprint density at radius 1 is 0.938 bits per heavy atom. The average Bonchev–Trinajstić information content (AvgIpc) is 2.79. The standard InChI is InChI=1S/C19H22N2O2S.C8H10/c1-12-5-4-6-14(9-12)17-8-7-16(23-3)10-15(17)11-21-19(22)18(24)13(2)20;1-7-3-5-8(2)6-4-7/h4-10,24H,11,20H2,1-3H3,(H,21,22);3-6H,1-2H3/b18-13-;. The van der Waals surface area contributed by atoms with Crippen LogP contribution in [0, 0.1) is 20.8 Å². The summed E-state index contributed by atoms with van der Waals surface area (Å²) in [4.78, 5) is 12.3. The molecule has 0 fully saturated rings. The van der Waals surface area contributed by atoms with E-state index in [0.717, 1.165) is 22.4 Å². The molecule has 0 aliphatic rings. The van der Waals surface area contributed by atoms with Crippen molar-refractivity contribution in [1.82, 2.24) is 5.32 Å². The van der Waals surface area contributed by atoms with Gasteiger partial charge in [-0.2, -0.15) is 0 Å². The van der Waals surface area contributed by atoms with Gasteiger partial charge in [-0.15, -0.1) is 12.6 Å². The molecule has 168 valence electrons. The van der Waals surface area contributed by atoms with E-state index in [4.69, 9.17) is 10.5 Å². The molecule has 32 heavy (non-hydrogen) atoms. The van der Waals surface area contributed by atoms with E-state index >= 15 is 0 Å². The summed E-state index contributed by atoms with van der Waals surface area (Å²) in [6, 6.07) is 22.6. The maximum Gasteiger partial charge on any atom is 0.259 e. The molecule has 0 saturated heterocycles. The second-order valence-corrected chi connectivity index (χ2v) is 8.21. The molecule has 0 saturated carbocycles. The van der Waals surface area contributed by atoms with Crippen LogP contribution in [0.25, 0.3) is 11.1 Å². The number of nitrogens with one attached hydrogen (secondary N) is 1. The average molecular weight is 449 g/mol. The number of rotatable bonds is 5. The Morgan fingerprint density at radius 2 is 1.56 bits per heavy atom. The zero-order chi connectivity index (χ0) is 23.7. The first-order valence-corrected chi connectivity index (χ1v) is 10.9. The van der Waals surface area contributed by atoms with Gasteiger partial charge in [0.15, 0.2) is 0 Å². The summed E-state index contributed by atoms with van der Waals surface area (Å²) in [5.41, 5.74) is 12.9. The van der Waals surface area contributed by atoms with E-state index < -0.39 is 0 Å². The summed E-state index contributed by atoms with van der Waals surface area (Å²) < 4.78 is 5.30. The first-order chi connectivity index (χ1) is 15.2. The topological polar surface area (TPSA) is 64.3 Å². The molecule has 3 rings (SSSR count). The van der Waals surface area contributed by atoms with Crippen molar-refractivity contribution >= 4 is 18.5 Å². The van der Waals surface area contributed by atoms with Crippen molar-refractivity contribution in [3.05, 3.63) is 99.6 Å². The number of thiol groups is 1. The van der Waals surface area contributed by atoms with Gasteiger partial charge in [0, 0.05) is 12.2 Å². The fourth-order valence-electron chi connectivity index (χ4n) is 3.01. The molecule has 1 amide bonds. The van der Waals surface area contributed by atoms with Gasteiger partial charge in [-0.3, -0.25) is 4.79 Å². The highest BCUT2D eigenvalue weighted by atomic mass is 32.1. The van der Waals surface area contributed by atoms with E-state index in [2.05, 4.69) is 75.1 Å². The van der Waals surface area contributed by atoms with Crippen LogP contribution < -0.4 is 15.8 Å². The second kappa shape index (κ2) is 12.0. The van der Waals surface area contributed by atoms with Crippen LogP contribution in [0.15, 0.2) is 77.3 Å².